The van der Waals surface area contributed by atoms with Gasteiger partial charge in [-0.2, -0.15) is 46.9 Å². The fourth-order valence-electron chi connectivity index (χ4n) is 0.515. The van der Waals surface area contributed by atoms with Gasteiger partial charge >= 0.3 is 26.2 Å². The molecule has 0 saturated carbocycles. The first-order chi connectivity index (χ1) is 8.64. The average Bonchev–Trinajstić information content (AvgIpc) is 2.90. The van der Waals surface area contributed by atoms with Crippen molar-refractivity contribution in [2.45, 2.75) is 34.1 Å². The molecule has 3 nitrogen and oxygen atoms in total. The average molecular weight is 345 g/mol. The van der Waals surface area contributed by atoms with Gasteiger partial charge in [-0.1, -0.05) is 27.7 Å². The van der Waals surface area contributed by atoms with Gasteiger partial charge in [-0.25, -0.2) is 11.6 Å². The van der Waals surface area contributed by atoms with Crippen molar-refractivity contribution in [1.82, 2.24) is 0 Å². The van der Waals surface area contributed by atoms with E-state index in [0.717, 1.165) is 26.1 Å². The SMILES string of the molecule is CC1=[C-]CC=C1.CC[N-]C.CC[N-]C.CC[N-]C.[Zr+4]. The Hall–Kier alpha value is 0.243. The molecule has 0 bridgehead atoms. The van der Waals surface area contributed by atoms with E-state index in [4.69, 9.17) is 0 Å². The van der Waals surface area contributed by atoms with Gasteiger partial charge < -0.3 is 16.0 Å². The molecule has 0 N–H and O–H groups in total. The Kier molecular flexibility index (Phi) is 44.9. The molecule has 0 aromatic carbocycles. The Labute approximate surface area is 140 Å². The van der Waals surface area contributed by atoms with E-state index < -0.39 is 0 Å². The van der Waals surface area contributed by atoms with Gasteiger partial charge in [0.05, 0.1) is 0 Å². The van der Waals surface area contributed by atoms with Gasteiger partial charge in [-0.3, -0.25) is 6.08 Å². The first-order valence-corrected chi connectivity index (χ1v) is 6.55. The van der Waals surface area contributed by atoms with Crippen molar-refractivity contribution < 1.29 is 26.2 Å². The van der Waals surface area contributed by atoms with Crippen molar-refractivity contribution in [1.29, 1.82) is 0 Å². The van der Waals surface area contributed by atoms with Gasteiger partial charge in [0.1, 0.15) is 0 Å². The predicted octanol–water partition coefficient (Wildman–Crippen LogP) is 4.72. The van der Waals surface area contributed by atoms with Crippen LogP contribution in [0.1, 0.15) is 34.1 Å². The normalized spacial score (nSPS) is 10.6. The molecular formula is C15H31N3Zr. The van der Waals surface area contributed by atoms with Gasteiger partial charge in [0.2, 0.25) is 0 Å². The van der Waals surface area contributed by atoms with Crippen LogP contribution in [0.15, 0.2) is 17.7 Å². The van der Waals surface area contributed by atoms with Crippen LogP contribution in [0.4, 0.5) is 0 Å². The molecule has 1 rings (SSSR count). The smallest absolute Gasteiger partial charge is 0.665 e. The third-order valence-corrected chi connectivity index (χ3v) is 1.82. The summed E-state index contributed by atoms with van der Waals surface area (Å²) in [7, 11) is 5.42. The standard InChI is InChI=1S/C6H7.3C3H8N.Zr/c1-6-4-2-3-5-6;3*1-3-4-2;/h2,4H,3H2,1H3;3*3H2,1-2H3;/q4*-1;+4. The van der Waals surface area contributed by atoms with Gasteiger partial charge in [0, 0.05) is 0 Å². The van der Waals surface area contributed by atoms with Crippen LogP contribution in [0.5, 0.6) is 0 Å². The first-order valence-electron chi connectivity index (χ1n) is 6.55. The summed E-state index contributed by atoms with van der Waals surface area (Å²) in [6.45, 7) is 10.9. The summed E-state index contributed by atoms with van der Waals surface area (Å²) in [6, 6.07) is 0. The first kappa shape index (κ1) is 27.6. The maximum Gasteiger partial charge on any atom is 4.00 e. The monoisotopic (exact) mass is 343 g/mol. The number of nitrogens with zero attached hydrogens (tertiary/aromatic N) is 3. The van der Waals surface area contributed by atoms with E-state index in [9.17, 15) is 0 Å². The Balaban J connectivity index is -0.0000000796. The topological polar surface area (TPSA) is 42.3 Å². The van der Waals surface area contributed by atoms with Crippen LogP contribution in [0.2, 0.25) is 0 Å². The largest absolute Gasteiger partial charge is 4.00 e. The molecule has 0 amide bonds. The molecule has 0 heterocycles. The summed E-state index contributed by atoms with van der Waals surface area (Å²) in [5.41, 5.74) is 1.27. The summed E-state index contributed by atoms with van der Waals surface area (Å²) in [5, 5.41) is 11.2. The molecule has 0 fully saturated rings. The predicted molar refractivity (Wildman–Crippen MR) is 85.7 cm³/mol. The summed E-state index contributed by atoms with van der Waals surface area (Å²) in [4.78, 5) is 0. The number of hydrogen-bond donors (Lipinski definition) is 0. The molecule has 1 aliphatic carbocycles. The minimum Gasteiger partial charge on any atom is -0.665 e. The summed E-state index contributed by atoms with van der Waals surface area (Å²) in [6.07, 6.45) is 8.33. The summed E-state index contributed by atoms with van der Waals surface area (Å²) >= 11 is 0. The van der Waals surface area contributed by atoms with Crippen molar-refractivity contribution in [3.63, 3.8) is 0 Å². The van der Waals surface area contributed by atoms with Crippen molar-refractivity contribution in [3.8, 4) is 0 Å². The maximum atomic E-state index is 3.74. The van der Waals surface area contributed by atoms with Crippen LogP contribution in [-0.4, -0.2) is 40.8 Å². The Morgan fingerprint density at radius 2 is 1.26 bits per heavy atom. The number of hydrogen-bond acceptors (Lipinski definition) is 0. The zero-order valence-electron chi connectivity index (χ0n) is 13.8. The Morgan fingerprint density at radius 1 is 0.947 bits per heavy atom. The van der Waals surface area contributed by atoms with Crippen LogP contribution >= 0.6 is 0 Å². The fourth-order valence-corrected chi connectivity index (χ4v) is 0.515. The van der Waals surface area contributed by atoms with E-state index in [1.807, 2.05) is 20.8 Å². The fraction of sp³-hybridized carbons (Fsp3) is 0.733. The number of allylic oxidation sites excluding steroid dienone is 4. The van der Waals surface area contributed by atoms with E-state index >= 15 is 0 Å². The third kappa shape index (κ3) is 45.9. The van der Waals surface area contributed by atoms with Crippen molar-refractivity contribution in [2.24, 2.45) is 0 Å². The Morgan fingerprint density at radius 3 is 1.32 bits per heavy atom. The maximum absolute atomic E-state index is 3.74. The van der Waals surface area contributed by atoms with Crippen molar-refractivity contribution >= 4 is 0 Å². The molecule has 0 radical (unpaired) electrons. The second-order valence-electron chi connectivity index (χ2n) is 3.36. The van der Waals surface area contributed by atoms with Crippen LogP contribution in [0, 0.1) is 6.08 Å². The molecule has 0 spiro atoms. The molecule has 0 aromatic rings. The molecular weight excluding hydrogens is 313 g/mol. The van der Waals surface area contributed by atoms with Crippen LogP contribution < -0.4 is 0 Å². The molecule has 19 heavy (non-hydrogen) atoms. The van der Waals surface area contributed by atoms with E-state index in [1.54, 1.807) is 21.1 Å². The van der Waals surface area contributed by atoms with Crippen LogP contribution in [-0.2, 0) is 26.2 Å². The summed E-state index contributed by atoms with van der Waals surface area (Å²) in [5.74, 6) is 0. The molecule has 4 heteroatoms. The van der Waals surface area contributed by atoms with Gasteiger partial charge in [0.25, 0.3) is 0 Å². The summed E-state index contributed by atoms with van der Waals surface area (Å²) < 4.78 is 0. The van der Waals surface area contributed by atoms with E-state index in [0.29, 0.717) is 0 Å². The van der Waals surface area contributed by atoms with E-state index in [1.165, 1.54) is 5.57 Å². The van der Waals surface area contributed by atoms with Gasteiger partial charge in [0.15, 0.2) is 0 Å². The molecule has 0 atom stereocenters. The van der Waals surface area contributed by atoms with Gasteiger partial charge in [-0.05, 0) is 0 Å². The van der Waals surface area contributed by atoms with Crippen molar-refractivity contribution in [3.05, 3.63) is 39.8 Å². The van der Waals surface area contributed by atoms with Gasteiger partial charge in [-0.15, -0.1) is 6.42 Å². The minimum absolute atomic E-state index is 0. The third-order valence-electron chi connectivity index (χ3n) is 1.82. The molecule has 110 valence electrons. The van der Waals surface area contributed by atoms with Crippen LogP contribution in [0.25, 0.3) is 16.0 Å². The molecule has 0 aromatic heterocycles. The van der Waals surface area contributed by atoms with E-state index in [2.05, 4.69) is 41.1 Å². The molecule has 1 aliphatic rings. The second-order valence-corrected chi connectivity index (χ2v) is 3.36. The Bertz CT molecular complexity index is 162. The second kappa shape index (κ2) is 30.9. The van der Waals surface area contributed by atoms with E-state index in [-0.39, 0.29) is 26.2 Å². The zero-order chi connectivity index (χ0) is 14.6. The number of rotatable bonds is 3. The molecule has 0 unspecified atom stereocenters. The van der Waals surface area contributed by atoms with Crippen molar-refractivity contribution in [2.75, 3.05) is 40.8 Å². The zero-order valence-corrected chi connectivity index (χ0v) is 16.3. The minimum atomic E-state index is 0. The molecule has 0 aliphatic heterocycles. The molecule has 0 saturated heterocycles. The van der Waals surface area contributed by atoms with Crippen LogP contribution in [0.3, 0.4) is 0 Å². The quantitative estimate of drug-likeness (QED) is 0.665.